The van der Waals surface area contributed by atoms with Gasteiger partial charge in [-0.2, -0.15) is 8.78 Å². The van der Waals surface area contributed by atoms with Crippen LogP contribution in [0.1, 0.15) is 36.9 Å². The minimum atomic E-state index is -3.50. The fraction of sp³-hybridized carbons (Fsp3) is 0.182. The summed E-state index contributed by atoms with van der Waals surface area (Å²) in [6, 6.07) is 11.8. The molecule has 0 amide bonds. The van der Waals surface area contributed by atoms with Gasteiger partial charge in [-0.05, 0) is 35.4 Å². The number of halogens is 3. The summed E-state index contributed by atoms with van der Waals surface area (Å²) in [7, 11) is -3.50. The Hall–Kier alpha value is -4.00. The van der Waals surface area contributed by atoms with Gasteiger partial charge in [-0.1, -0.05) is 31.7 Å². The molecule has 0 aliphatic heterocycles. The van der Waals surface area contributed by atoms with E-state index in [0.717, 1.165) is 6.26 Å². The highest BCUT2D eigenvalue weighted by atomic mass is 32.2. The van der Waals surface area contributed by atoms with E-state index >= 15 is 0 Å². The van der Waals surface area contributed by atoms with E-state index in [9.17, 15) is 21.6 Å². The zero-order valence-corrected chi connectivity index (χ0v) is 18.3. The van der Waals surface area contributed by atoms with Crippen molar-refractivity contribution in [1.82, 2.24) is 20.2 Å². The van der Waals surface area contributed by atoms with E-state index in [0.29, 0.717) is 16.8 Å². The lowest BCUT2D eigenvalue weighted by Crippen LogP contribution is -2.15. The third-order valence-corrected chi connectivity index (χ3v) is 5.13. The van der Waals surface area contributed by atoms with Crippen molar-refractivity contribution in [3.63, 3.8) is 0 Å². The Morgan fingerprint density at radius 1 is 0.971 bits per heavy atom. The molecule has 2 heterocycles. The normalized spacial score (nSPS) is 12.1. The van der Waals surface area contributed by atoms with Gasteiger partial charge >= 0.3 is 6.43 Å². The standard InChI is InChI=1S/C21H17F3N6O3S.CH4/c1-34(31,32)30-16-4-2-3-13(9-16)17(12-5-7-15(22)8-6-12)27-21-25-10-14(11-26-21)19-28-29-20(33-19)18(23)24;/h2-11,17-18,30H,1H3,(H,25,26,27);1H4. The van der Waals surface area contributed by atoms with Crippen molar-refractivity contribution >= 4 is 21.7 Å². The van der Waals surface area contributed by atoms with Crippen molar-refractivity contribution in [1.29, 1.82) is 0 Å². The molecule has 0 saturated carbocycles. The Bertz CT molecular complexity index is 1380. The molecule has 0 radical (unpaired) electrons. The molecule has 13 heteroatoms. The first-order chi connectivity index (χ1) is 16.2. The van der Waals surface area contributed by atoms with Crippen molar-refractivity contribution < 1.29 is 26.0 Å². The van der Waals surface area contributed by atoms with E-state index < -0.39 is 34.2 Å². The number of anilines is 2. The number of benzene rings is 2. The highest BCUT2D eigenvalue weighted by Crippen LogP contribution is 2.29. The van der Waals surface area contributed by atoms with Crippen LogP contribution in [0.2, 0.25) is 0 Å². The van der Waals surface area contributed by atoms with Gasteiger partial charge in [0.15, 0.2) is 0 Å². The average molecular weight is 507 g/mol. The van der Waals surface area contributed by atoms with Crippen LogP contribution in [0.15, 0.2) is 65.3 Å². The van der Waals surface area contributed by atoms with Crippen molar-refractivity contribution in [3.8, 4) is 11.5 Å². The first kappa shape index (κ1) is 25.6. The molecule has 0 aliphatic carbocycles. The van der Waals surface area contributed by atoms with Crippen LogP contribution in [-0.4, -0.2) is 34.8 Å². The number of hydrogen-bond acceptors (Lipinski definition) is 8. The highest BCUT2D eigenvalue weighted by molar-refractivity contribution is 7.92. The summed E-state index contributed by atoms with van der Waals surface area (Å²) in [5.41, 5.74) is 1.88. The first-order valence-corrected chi connectivity index (χ1v) is 11.6. The number of nitrogens with zero attached hydrogens (tertiary/aromatic N) is 4. The van der Waals surface area contributed by atoms with Crippen LogP contribution in [0.25, 0.3) is 11.5 Å². The Balaban J connectivity index is 0.00000342. The summed E-state index contributed by atoms with van der Waals surface area (Å²) in [5.74, 6) is -1.22. The van der Waals surface area contributed by atoms with Crippen LogP contribution in [0, 0.1) is 5.82 Å². The molecule has 184 valence electrons. The van der Waals surface area contributed by atoms with E-state index in [4.69, 9.17) is 4.42 Å². The van der Waals surface area contributed by atoms with E-state index in [2.05, 4.69) is 30.2 Å². The van der Waals surface area contributed by atoms with Gasteiger partial charge in [-0.25, -0.2) is 22.8 Å². The number of sulfonamides is 1. The Morgan fingerprint density at radius 2 is 1.66 bits per heavy atom. The zero-order valence-electron chi connectivity index (χ0n) is 17.5. The molecule has 2 aromatic carbocycles. The summed E-state index contributed by atoms with van der Waals surface area (Å²) in [4.78, 5) is 8.35. The van der Waals surface area contributed by atoms with Crippen molar-refractivity contribution in [2.75, 3.05) is 16.3 Å². The molecule has 1 unspecified atom stereocenters. The van der Waals surface area contributed by atoms with Crippen LogP contribution in [-0.2, 0) is 10.0 Å². The van der Waals surface area contributed by atoms with Gasteiger partial charge in [-0.3, -0.25) is 4.72 Å². The Kier molecular flexibility index (Phi) is 7.69. The first-order valence-electron chi connectivity index (χ1n) is 9.71. The SMILES string of the molecule is C.CS(=O)(=O)Nc1cccc(C(Nc2ncc(-c3nnc(C(F)F)o3)cn2)c2ccc(F)cc2)c1. The van der Waals surface area contributed by atoms with Crippen LogP contribution in [0.3, 0.4) is 0 Å². The van der Waals surface area contributed by atoms with Crippen LogP contribution < -0.4 is 10.0 Å². The number of hydrogen-bond donors (Lipinski definition) is 2. The van der Waals surface area contributed by atoms with Crippen molar-refractivity contribution in [2.45, 2.75) is 19.9 Å². The second-order valence-electron chi connectivity index (χ2n) is 7.17. The van der Waals surface area contributed by atoms with Gasteiger partial charge in [0.1, 0.15) is 5.82 Å². The van der Waals surface area contributed by atoms with Gasteiger partial charge in [0.05, 0.1) is 17.9 Å². The van der Waals surface area contributed by atoms with Gasteiger partial charge in [0.25, 0.3) is 11.8 Å². The topological polar surface area (TPSA) is 123 Å². The van der Waals surface area contributed by atoms with E-state index in [1.54, 1.807) is 36.4 Å². The molecule has 0 fully saturated rings. The molecule has 9 nitrogen and oxygen atoms in total. The van der Waals surface area contributed by atoms with Crippen LogP contribution >= 0.6 is 0 Å². The molecule has 1 atom stereocenters. The molecular formula is C22H21F3N6O3S. The maximum Gasteiger partial charge on any atom is 0.314 e. The predicted octanol–water partition coefficient (Wildman–Crippen LogP) is 4.81. The molecule has 4 rings (SSSR count). The third kappa shape index (κ3) is 6.53. The minimum absolute atomic E-state index is 0. The molecule has 35 heavy (non-hydrogen) atoms. The van der Waals surface area contributed by atoms with Crippen molar-refractivity contribution in [3.05, 3.63) is 83.8 Å². The second kappa shape index (κ2) is 10.5. The highest BCUT2D eigenvalue weighted by Gasteiger charge is 2.19. The minimum Gasteiger partial charge on any atom is -0.415 e. The fourth-order valence-corrected chi connectivity index (χ4v) is 3.65. The molecular weight excluding hydrogens is 485 g/mol. The third-order valence-electron chi connectivity index (χ3n) is 4.53. The molecule has 2 N–H and O–H groups in total. The van der Waals surface area contributed by atoms with Gasteiger partial charge in [-0.15, -0.1) is 10.2 Å². The molecule has 0 saturated heterocycles. The van der Waals surface area contributed by atoms with Gasteiger partial charge in [0, 0.05) is 18.1 Å². The fourth-order valence-electron chi connectivity index (χ4n) is 3.09. The van der Waals surface area contributed by atoms with E-state index in [-0.39, 0.29) is 24.8 Å². The molecule has 0 spiro atoms. The lowest BCUT2D eigenvalue weighted by molar-refractivity contribution is 0.116. The predicted molar refractivity (Wildman–Crippen MR) is 124 cm³/mol. The summed E-state index contributed by atoms with van der Waals surface area (Å²) in [6.07, 6.45) is 0.786. The number of nitrogens with one attached hydrogen (secondary N) is 2. The smallest absolute Gasteiger partial charge is 0.314 e. The summed E-state index contributed by atoms with van der Waals surface area (Å²) in [5, 5.41) is 9.93. The van der Waals surface area contributed by atoms with Crippen LogP contribution in [0.5, 0.6) is 0 Å². The number of rotatable bonds is 8. The molecule has 0 aliphatic rings. The van der Waals surface area contributed by atoms with E-state index in [1.807, 2.05) is 0 Å². The van der Waals surface area contributed by atoms with E-state index in [1.165, 1.54) is 24.5 Å². The monoisotopic (exact) mass is 506 g/mol. The van der Waals surface area contributed by atoms with Crippen LogP contribution in [0.4, 0.5) is 24.8 Å². The average Bonchev–Trinajstić information content (AvgIpc) is 3.28. The van der Waals surface area contributed by atoms with Gasteiger partial charge < -0.3 is 9.73 Å². The van der Waals surface area contributed by atoms with Crippen molar-refractivity contribution in [2.24, 2.45) is 0 Å². The largest absolute Gasteiger partial charge is 0.415 e. The Morgan fingerprint density at radius 3 is 2.26 bits per heavy atom. The zero-order chi connectivity index (χ0) is 24.3. The number of aromatic nitrogens is 4. The number of alkyl halides is 2. The lowest BCUT2D eigenvalue weighted by atomic mass is 9.98. The quantitative estimate of drug-likeness (QED) is 0.349. The lowest BCUT2D eigenvalue weighted by Gasteiger charge is -2.20. The maximum atomic E-state index is 13.5. The molecule has 2 aromatic heterocycles. The summed E-state index contributed by atoms with van der Waals surface area (Å²) in [6.45, 7) is 0. The maximum absolute atomic E-state index is 13.5. The van der Waals surface area contributed by atoms with Gasteiger partial charge in [0.2, 0.25) is 16.0 Å². The second-order valence-corrected chi connectivity index (χ2v) is 8.92. The summed E-state index contributed by atoms with van der Waals surface area (Å²) < 4.78 is 69.4. The molecule has 4 aromatic rings. The Labute approximate surface area is 199 Å². The summed E-state index contributed by atoms with van der Waals surface area (Å²) >= 11 is 0. The molecule has 0 bridgehead atoms.